The molecule has 0 rings (SSSR count). The molecule has 0 aliphatic rings. The van der Waals surface area contributed by atoms with Gasteiger partial charge in [0.15, 0.2) is 0 Å². The SMILES string of the molecule is C=CCO[C@@H](CCCO)[C@@H](O)C=C. The second-order valence-corrected chi connectivity index (χ2v) is 2.75. The van der Waals surface area contributed by atoms with Gasteiger partial charge in [-0.3, -0.25) is 0 Å². The summed E-state index contributed by atoms with van der Waals surface area (Å²) in [6, 6.07) is 0. The number of ether oxygens (including phenoxy) is 1. The van der Waals surface area contributed by atoms with Crippen LogP contribution in [0.2, 0.25) is 0 Å². The standard InChI is InChI=1S/C10H18O3/c1-3-8-13-10(6-5-7-11)9(12)4-2/h3-4,9-12H,1-2,5-8H2/t9-,10-/m0/s1. The molecule has 0 aliphatic carbocycles. The fraction of sp³-hybridized carbons (Fsp3) is 0.600. The molecule has 0 heterocycles. The number of rotatable bonds is 8. The van der Waals surface area contributed by atoms with E-state index in [-0.39, 0.29) is 12.7 Å². The second kappa shape index (κ2) is 7.98. The molecule has 3 nitrogen and oxygen atoms in total. The molecule has 76 valence electrons. The van der Waals surface area contributed by atoms with Gasteiger partial charge in [0.1, 0.15) is 0 Å². The minimum atomic E-state index is -0.675. The molecule has 13 heavy (non-hydrogen) atoms. The molecule has 2 N–H and O–H groups in total. The summed E-state index contributed by atoms with van der Waals surface area (Å²) in [6.07, 6.45) is 3.34. The van der Waals surface area contributed by atoms with E-state index in [1.165, 1.54) is 6.08 Å². The quantitative estimate of drug-likeness (QED) is 0.553. The zero-order chi connectivity index (χ0) is 10.1. The third-order valence-corrected chi connectivity index (χ3v) is 1.70. The van der Waals surface area contributed by atoms with Gasteiger partial charge in [0.05, 0.1) is 18.8 Å². The third-order valence-electron chi connectivity index (χ3n) is 1.70. The van der Waals surface area contributed by atoms with Crippen molar-refractivity contribution in [2.24, 2.45) is 0 Å². The molecule has 0 unspecified atom stereocenters. The first kappa shape index (κ1) is 12.4. The molecular formula is C10H18O3. The van der Waals surface area contributed by atoms with Gasteiger partial charge in [0.2, 0.25) is 0 Å². The van der Waals surface area contributed by atoms with Crippen molar-refractivity contribution in [3.63, 3.8) is 0 Å². The van der Waals surface area contributed by atoms with Crippen LogP contribution in [-0.4, -0.2) is 35.6 Å². The number of aliphatic hydroxyl groups excluding tert-OH is 2. The van der Waals surface area contributed by atoms with E-state index < -0.39 is 6.10 Å². The summed E-state index contributed by atoms with van der Waals surface area (Å²) in [5, 5.41) is 18.0. The smallest absolute Gasteiger partial charge is 0.0980 e. The number of hydrogen-bond donors (Lipinski definition) is 2. The summed E-state index contributed by atoms with van der Waals surface area (Å²) in [7, 11) is 0. The predicted molar refractivity (Wildman–Crippen MR) is 52.5 cm³/mol. The molecule has 0 aromatic rings. The first-order chi connectivity index (χ1) is 6.26. The summed E-state index contributed by atoms with van der Waals surface area (Å²) < 4.78 is 5.30. The van der Waals surface area contributed by atoms with Crippen molar-refractivity contribution >= 4 is 0 Å². The van der Waals surface area contributed by atoms with Gasteiger partial charge in [-0.25, -0.2) is 0 Å². The van der Waals surface area contributed by atoms with Gasteiger partial charge in [-0.15, -0.1) is 13.2 Å². The molecule has 0 amide bonds. The van der Waals surface area contributed by atoms with Gasteiger partial charge in [-0.05, 0) is 12.8 Å². The van der Waals surface area contributed by atoms with E-state index in [0.29, 0.717) is 19.4 Å². The molecule has 0 aromatic heterocycles. The minimum absolute atomic E-state index is 0.109. The Morgan fingerprint density at radius 1 is 1.38 bits per heavy atom. The zero-order valence-electron chi connectivity index (χ0n) is 7.85. The van der Waals surface area contributed by atoms with Crippen LogP contribution in [0.5, 0.6) is 0 Å². The molecule has 0 aliphatic heterocycles. The van der Waals surface area contributed by atoms with Crippen LogP contribution in [0.1, 0.15) is 12.8 Å². The van der Waals surface area contributed by atoms with Gasteiger partial charge in [0.25, 0.3) is 0 Å². The molecule has 0 saturated carbocycles. The van der Waals surface area contributed by atoms with Crippen LogP contribution >= 0.6 is 0 Å². The largest absolute Gasteiger partial charge is 0.396 e. The summed E-state index contributed by atoms with van der Waals surface area (Å²) in [6.45, 7) is 7.51. The summed E-state index contributed by atoms with van der Waals surface area (Å²) in [4.78, 5) is 0. The van der Waals surface area contributed by atoms with Crippen molar-refractivity contribution in [2.45, 2.75) is 25.0 Å². The van der Waals surface area contributed by atoms with Crippen LogP contribution < -0.4 is 0 Å². The monoisotopic (exact) mass is 186 g/mol. The Kier molecular flexibility index (Phi) is 7.59. The Morgan fingerprint density at radius 2 is 2.08 bits per heavy atom. The van der Waals surface area contributed by atoms with Gasteiger partial charge in [-0.1, -0.05) is 12.2 Å². The zero-order valence-corrected chi connectivity index (χ0v) is 7.85. The minimum Gasteiger partial charge on any atom is -0.396 e. The van der Waals surface area contributed by atoms with Gasteiger partial charge in [-0.2, -0.15) is 0 Å². The fourth-order valence-electron chi connectivity index (χ4n) is 0.989. The molecule has 0 fully saturated rings. The van der Waals surface area contributed by atoms with Crippen molar-refractivity contribution in [1.29, 1.82) is 0 Å². The Bertz CT molecular complexity index is 145. The average Bonchev–Trinajstić information content (AvgIpc) is 2.17. The van der Waals surface area contributed by atoms with E-state index in [4.69, 9.17) is 9.84 Å². The van der Waals surface area contributed by atoms with Gasteiger partial charge in [0, 0.05) is 6.61 Å². The molecule has 0 radical (unpaired) electrons. The Hall–Kier alpha value is -0.640. The Morgan fingerprint density at radius 3 is 2.54 bits per heavy atom. The number of hydrogen-bond acceptors (Lipinski definition) is 3. The van der Waals surface area contributed by atoms with Crippen LogP contribution in [0.3, 0.4) is 0 Å². The highest BCUT2D eigenvalue weighted by Crippen LogP contribution is 2.08. The van der Waals surface area contributed by atoms with E-state index in [1.54, 1.807) is 6.08 Å². The normalized spacial score (nSPS) is 14.9. The molecule has 3 heteroatoms. The molecule has 0 saturated heterocycles. The van der Waals surface area contributed by atoms with Crippen molar-refractivity contribution in [3.8, 4) is 0 Å². The molecule has 0 spiro atoms. The summed E-state index contributed by atoms with van der Waals surface area (Å²) in [5.41, 5.74) is 0. The topological polar surface area (TPSA) is 49.7 Å². The van der Waals surface area contributed by atoms with E-state index >= 15 is 0 Å². The first-order valence-corrected chi connectivity index (χ1v) is 4.40. The molecular weight excluding hydrogens is 168 g/mol. The van der Waals surface area contributed by atoms with Crippen LogP contribution in [0.25, 0.3) is 0 Å². The number of aliphatic hydroxyl groups is 2. The van der Waals surface area contributed by atoms with E-state index in [1.807, 2.05) is 0 Å². The lowest BCUT2D eigenvalue weighted by Crippen LogP contribution is -2.27. The highest BCUT2D eigenvalue weighted by molar-refractivity contribution is 4.85. The summed E-state index contributed by atoms with van der Waals surface area (Å²) >= 11 is 0. The summed E-state index contributed by atoms with van der Waals surface area (Å²) in [5.74, 6) is 0. The maximum Gasteiger partial charge on any atom is 0.0980 e. The average molecular weight is 186 g/mol. The predicted octanol–water partition coefficient (Wildman–Crippen LogP) is 0.877. The van der Waals surface area contributed by atoms with Gasteiger partial charge >= 0.3 is 0 Å². The fourth-order valence-corrected chi connectivity index (χ4v) is 0.989. The van der Waals surface area contributed by atoms with Crippen LogP contribution in [0, 0.1) is 0 Å². The Balaban J connectivity index is 3.85. The first-order valence-electron chi connectivity index (χ1n) is 4.40. The van der Waals surface area contributed by atoms with Crippen LogP contribution in [-0.2, 0) is 4.74 Å². The molecule has 0 aromatic carbocycles. The van der Waals surface area contributed by atoms with Crippen molar-refractivity contribution in [1.82, 2.24) is 0 Å². The third kappa shape index (κ3) is 5.58. The Labute approximate surface area is 79.3 Å². The highest BCUT2D eigenvalue weighted by Gasteiger charge is 2.15. The second-order valence-electron chi connectivity index (χ2n) is 2.75. The maximum absolute atomic E-state index is 9.41. The van der Waals surface area contributed by atoms with E-state index in [2.05, 4.69) is 13.2 Å². The lowest BCUT2D eigenvalue weighted by Gasteiger charge is -2.19. The molecule has 0 bridgehead atoms. The van der Waals surface area contributed by atoms with Crippen LogP contribution in [0.15, 0.2) is 25.3 Å². The lowest BCUT2D eigenvalue weighted by atomic mass is 10.1. The van der Waals surface area contributed by atoms with Crippen LogP contribution in [0.4, 0.5) is 0 Å². The van der Waals surface area contributed by atoms with Crippen molar-refractivity contribution in [2.75, 3.05) is 13.2 Å². The maximum atomic E-state index is 9.41. The lowest BCUT2D eigenvalue weighted by molar-refractivity contribution is -0.0123. The van der Waals surface area contributed by atoms with Crippen molar-refractivity contribution < 1.29 is 14.9 Å². The highest BCUT2D eigenvalue weighted by atomic mass is 16.5. The van der Waals surface area contributed by atoms with E-state index in [9.17, 15) is 5.11 Å². The van der Waals surface area contributed by atoms with Gasteiger partial charge < -0.3 is 14.9 Å². The van der Waals surface area contributed by atoms with E-state index in [0.717, 1.165) is 0 Å². The molecule has 2 atom stereocenters. The van der Waals surface area contributed by atoms with Crippen molar-refractivity contribution in [3.05, 3.63) is 25.3 Å².